The van der Waals surface area contributed by atoms with Gasteiger partial charge < -0.3 is 25.0 Å². The second kappa shape index (κ2) is 9.46. The third-order valence-electron chi connectivity index (χ3n) is 3.85. The maximum Gasteiger partial charge on any atom is 0.231 e. The van der Waals surface area contributed by atoms with Gasteiger partial charge in [-0.3, -0.25) is 4.99 Å². The third-order valence-corrected chi connectivity index (χ3v) is 3.85. The molecule has 2 heterocycles. The van der Waals surface area contributed by atoms with E-state index >= 15 is 0 Å². The van der Waals surface area contributed by atoms with Crippen molar-refractivity contribution in [2.75, 3.05) is 32.8 Å². The van der Waals surface area contributed by atoms with Gasteiger partial charge in [-0.05, 0) is 29.3 Å². The van der Waals surface area contributed by atoms with Gasteiger partial charge in [0.2, 0.25) is 6.79 Å². The van der Waals surface area contributed by atoms with E-state index in [-0.39, 0.29) is 30.8 Å². The van der Waals surface area contributed by atoms with Crippen LogP contribution in [0.15, 0.2) is 41.5 Å². The van der Waals surface area contributed by atoms with Crippen molar-refractivity contribution in [3.8, 4) is 11.5 Å². The number of pyridine rings is 1. The van der Waals surface area contributed by atoms with Gasteiger partial charge in [0.05, 0.1) is 0 Å². The smallest absolute Gasteiger partial charge is 0.231 e. The second-order valence-electron chi connectivity index (χ2n) is 5.89. The number of hydrogen-bond acceptors (Lipinski definition) is 5. The Labute approximate surface area is 170 Å². The Hall–Kier alpha value is -2.23. The monoisotopic (exact) mass is 469 g/mol. The van der Waals surface area contributed by atoms with Gasteiger partial charge in [-0.15, -0.1) is 24.0 Å². The van der Waals surface area contributed by atoms with Crippen molar-refractivity contribution in [2.24, 2.45) is 4.99 Å². The van der Waals surface area contributed by atoms with Gasteiger partial charge in [-0.25, -0.2) is 4.98 Å². The lowest BCUT2D eigenvalue weighted by molar-refractivity contribution is 0.174. The molecule has 1 aliphatic rings. The molecule has 1 aromatic heterocycles. The fourth-order valence-corrected chi connectivity index (χ4v) is 2.43. The summed E-state index contributed by atoms with van der Waals surface area (Å²) < 4.78 is 10.7. The van der Waals surface area contributed by atoms with Crippen molar-refractivity contribution in [3.05, 3.63) is 47.7 Å². The zero-order valence-electron chi connectivity index (χ0n) is 15.2. The maximum absolute atomic E-state index is 5.40. The first-order valence-corrected chi connectivity index (χ1v) is 8.11. The highest BCUT2D eigenvalue weighted by molar-refractivity contribution is 14.0. The lowest BCUT2D eigenvalue weighted by Crippen LogP contribution is -2.36. The van der Waals surface area contributed by atoms with Crippen LogP contribution in [0.1, 0.15) is 11.1 Å². The molecule has 0 radical (unpaired) electrons. The number of nitrogens with one attached hydrogen (secondary N) is 2. The Kier molecular flexibility index (Phi) is 7.31. The number of anilines is 1. The minimum absolute atomic E-state index is 0. The molecule has 0 saturated heterocycles. The van der Waals surface area contributed by atoms with E-state index in [0.717, 1.165) is 34.4 Å². The molecule has 26 heavy (non-hydrogen) atoms. The Morgan fingerprint density at radius 3 is 2.42 bits per heavy atom. The first-order chi connectivity index (χ1) is 12.2. The van der Waals surface area contributed by atoms with E-state index in [9.17, 15) is 0 Å². The van der Waals surface area contributed by atoms with Crippen LogP contribution in [0.4, 0.5) is 5.82 Å². The number of hydrogen-bond donors (Lipinski definition) is 2. The summed E-state index contributed by atoms with van der Waals surface area (Å²) in [7, 11) is 5.70. The van der Waals surface area contributed by atoms with E-state index in [2.05, 4.69) is 26.7 Å². The molecule has 0 fully saturated rings. The molecule has 3 rings (SSSR count). The Balaban J connectivity index is 0.00000243. The summed E-state index contributed by atoms with van der Waals surface area (Å²) in [6.45, 7) is 1.59. The predicted molar refractivity (Wildman–Crippen MR) is 114 cm³/mol. The zero-order valence-corrected chi connectivity index (χ0v) is 17.5. The Morgan fingerprint density at radius 2 is 1.77 bits per heavy atom. The number of nitrogens with zero attached hydrogens (tertiary/aromatic N) is 3. The molecular formula is C18H24IN5O2. The normalized spacial score (nSPS) is 12.3. The number of aromatic nitrogens is 1. The topological polar surface area (TPSA) is 71.0 Å². The van der Waals surface area contributed by atoms with Crippen LogP contribution < -0.4 is 25.0 Å². The summed E-state index contributed by atoms with van der Waals surface area (Å²) in [6, 6.07) is 9.97. The minimum atomic E-state index is 0. The van der Waals surface area contributed by atoms with Gasteiger partial charge in [0, 0.05) is 40.4 Å². The van der Waals surface area contributed by atoms with Crippen LogP contribution in [-0.2, 0) is 13.1 Å². The summed E-state index contributed by atoms with van der Waals surface area (Å²) in [5, 5.41) is 6.58. The van der Waals surface area contributed by atoms with Crippen LogP contribution in [0.3, 0.4) is 0 Å². The molecule has 1 aromatic carbocycles. The fraction of sp³-hybridized carbons (Fsp3) is 0.333. The highest BCUT2D eigenvalue weighted by Gasteiger charge is 2.13. The quantitative estimate of drug-likeness (QED) is 0.398. The summed E-state index contributed by atoms with van der Waals surface area (Å²) in [6.07, 6.45) is 1.87. The molecule has 0 unspecified atom stereocenters. The second-order valence-corrected chi connectivity index (χ2v) is 5.89. The van der Waals surface area contributed by atoms with E-state index in [4.69, 9.17) is 9.47 Å². The average molecular weight is 469 g/mol. The summed E-state index contributed by atoms with van der Waals surface area (Å²) in [5.41, 5.74) is 2.20. The molecule has 7 nitrogen and oxygen atoms in total. The maximum atomic E-state index is 5.40. The largest absolute Gasteiger partial charge is 0.454 e. The van der Waals surface area contributed by atoms with E-state index in [1.165, 1.54) is 0 Å². The molecule has 0 amide bonds. The first kappa shape index (κ1) is 20.1. The van der Waals surface area contributed by atoms with E-state index < -0.39 is 0 Å². The van der Waals surface area contributed by atoms with Gasteiger partial charge in [-0.2, -0.15) is 0 Å². The van der Waals surface area contributed by atoms with Gasteiger partial charge in [0.25, 0.3) is 0 Å². The van der Waals surface area contributed by atoms with Gasteiger partial charge in [0.1, 0.15) is 5.82 Å². The number of benzene rings is 1. The van der Waals surface area contributed by atoms with Crippen LogP contribution in [0.25, 0.3) is 0 Å². The Morgan fingerprint density at radius 1 is 1.08 bits per heavy atom. The zero-order chi connectivity index (χ0) is 17.6. The number of aliphatic imine (C=N–C) groups is 1. The van der Waals surface area contributed by atoms with Gasteiger partial charge >= 0.3 is 0 Å². The molecule has 0 saturated carbocycles. The van der Waals surface area contributed by atoms with E-state index in [1.807, 2.05) is 49.5 Å². The number of halogens is 1. The standard InChI is InChI=1S/C18H23N5O2.HI/c1-19-18(22-11-14-5-7-17(20-10-14)23(2)3)21-9-13-4-6-15-16(8-13)25-12-24-15;/h4-8,10H,9,11-12H2,1-3H3,(H2,19,21,22);1H. The van der Waals surface area contributed by atoms with Crippen molar-refractivity contribution < 1.29 is 9.47 Å². The van der Waals surface area contributed by atoms with Crippen molar-refractivity contribution in [3.63, 3.8) is 0 Å². The van der Waals surface area contributed by atoms with Crippen molar-refractivity contribution in [1.82, 2.24) is 15.6 Å². The highest BCUT2D eigenvalue weighted by Crippen LogP contribution is 2.32. The Bertz CT molecular complexity index is 750. The molecule has 0 aliphatic carbocycles. The SMILES string of the molecule is CN=C(NCc1ccc(N(C)C)nc1)NCc1ccc2c(c1)OCO2.I. The molecule has 8 heteroatoms. The number of guanidine groups is 1. The lowest BCUT2D eigenvalue weighted by Gasteiger charge is -2.14. The van der Waals surface area contributed by atoms with Gasteiger partial charge in [0.15, 0.2) is 17.5 Å². The van der Waals surface area contributed by atoms with Crippen LogP contribution in [-0.4, -0.2) is 38.9 Å². The minimum Gasteiger partial charge on any atom is -0.454 e. The van der Waals surface area contributed by atoms with Crippen LogP contribution in [0.5, 0.6) is 11.5 Å². The predicted octanol–water partition coefficient (Wildman–Crippen LogP) is 2.36. The molecule has 0 spiro atoms. The number of rotatable bonds is 5. The highest BCUT2D eigenvalue weighted by atomic mass is 127. The van der Waals surface area contributed by atoms with Crippen molar-refractivity contribution in [1.29, 1.82) is 0 Å². The summed E-state index contributed by atoms with van der Waals surface area (Å²) in [5.74, 6) is 3.25. The molecule has 2 aromatic rings. The molecule has 1 aliphatic heterocycles. The van der Waals surface area contributed by atoms with Crippen molar-refractivity contribution in [2.45, 2.75) is 13.1 Å². The fourth-order valence-electron chi connectivity index (χ4n) is 2.43. The number of fused-ring (bicyclic) bond motifs is 1. The summed E-state index contributed by atoms with van der Waals surface area (Å²) >= 11 is 0. The molecule has 0 bridgehead atoms. The summed E-state index contributed by atoms with van der Waals surface area (Å²) in [4.78, 5) is 10.6. The van der Waals surface area contributed by atoms with Crippen LogP contribution in [0, 0.1) is 0 Å². The van der Waals surface area contributed by atoms with Crippen LogP contribution >= 0.6 is 24.0 Å². The van der Waals surface area contributed by atoms with E-state index in [0.29, 0.717) is 13.1 Å². The number of ether oxygens (including phenoxy) is 2. The third kappa shape index (κ3) is 5.13. The molecular weight excluding hydrogens is 445 g/mol. The average Bonchev–Trinajstić information content (AvgIpc) is 3.10. The van der Waals surface area contributed by atoms with Gasteiger partial charge in [-0.1, -0.05) is 12.1 Å². The molecule has 2 N–H and O–H groups in total. The molecule has 0 atom stereocenters. The van der Waals surface area contributed by atoms with Crippen LogP contribution in [0.2, 0.25) is 0 Å². The van der Waals surface area contributed by atoms with E-state index in [1.54, 1.807) is 7.05 Å². The lowest BCUT2D eigenvalue weighted by atomic mass is 10.2. The first-order valence-electron chi connectivity index (χ1n) is 8.11. The molecule has 140 valence electrons. The van der Waals surface area contributed by atoms with Crippen molar-refractivity contribution >= 4 is 35.8 Å².